The van der Waals surface area contributed by atoms with Crippen LogP contribution in [-0.2, 0) is 0 Å². The molecule has 0 aromatic heterocycles. The van der Waals surface area contributed by atoms with Crippen LogP contribution in [0.25, 0.3) is 0 Å². The van der Waals surface area contributed by atoms with Gasteiger partial charge in [-0.05, 0) is 144 Å². The molecule has 6 aliphatic rings. The molecule has 6 rings (SSSR count). The summed E-state index contributed by atoms with van der Waals surface area (Å²) in [5, 5.41) is 9.60. The van der Waals surface area contributed by atoms with Crippen molar-refractivity contribution in [3.05, 3.63) is 47.3 Å². The molecular weight excluding hydrogens is 749 g/mol. The molecule has 4 aliphatic carbocycles. The Morgan fingerprint density at radius 2 is 1.83 bits per heavy atom. The highest BCUT2D eigenvalue weighted by Crippen LogP contribution is 2.52. The highest BCUT2D eigenvalue weighted by molar-refractivity contribution is 14.2. The molecule has 2 heterocycles. The second kappa shape index (κ2) is 13.6. The minimum atomic E-state index is -1.44. The maximum atomic E-state index is 15.7. The summed E-state index contributed by atoms with van der Waals surface area (Å²) >= 11 is 3.97. The average molecular weight is 801 g/mol. The summed E-state index contributed by atoms with van der Waals surface area (Å²) in [5.74, 6) is 3.86. The normalized spacial score (nSPS) is 32.7. The van der Waals surface area contributed by atoms with E-state index in [-0.39, 0.29) is 5.92 Å². The van der Waals surface area contributed by atoms with Crippen molar-refractivity contribution in [1.29, 1.82) is 0 Å². The highest BCUT2D eigenvalue weighted by Gasteiger charge is 2.44. The Morgan fingerprint density at radius 1 is 1.07 bits per heavy atom. The molecule has 0 aromatic carbocycles. The summed E-state index contributed by atoms with van der Waals surface area (Å²) in [7, 11) is 0. The van der Waals surface area contributed by atoms with Gasteiger partial charge in [0.25, 0.3) is 0 Å². The Kier molecular flexibility index (Phi) is 10.3. The molecule has 3 saturated carbocycles. The molecule has 232 valence electrons. The summed E-state index contributed by atoms with van der Waals surface area (Å²) in [5.41, 5.74) is 4.36. The fourth-order valence-corrected chi connectivity index (χ4v) is 9.62. The van der Waals surface area contributed by atoms with Gasteiger partial charge >= 0.3 is 0 Å². The molecule has 0 bridgehead atoms. The van der Waals surface area contributed by atoms with E-state index in [2.05, 4.69) is 53.7 Å². The van der Waals surface area contributed by atoms with Gasteiger partial charge in [-0.3, -0.25) is 4.90 Å². The molecule has 0 aromatic rings. The largest absolute Gasteiger partial charge is 0.348 e. The third kappa shape index (κ3) is 7.39. The van der Waals surface area contributed by atoms with E-state index in [1.54, 1.807) is 0 Å². The third-order valence-electron chi connectivity index (χ3n) is 11.3. The molecule has 2 aliphatic heterocycles. The monoisotopic (exact) mass is 800 g/mol. The first kappa shape index (κ1) is 31.7. The topological polar surface area (TPSA) is 31.2 Å². The summed E-state index contributed by atoms with van der Waals surface area (Å²) < 4.78 is 14.3. The lowest BCUT2D eigenvalue weighted by Gasteiger charge is -2.45. The summed E-state index contributed by atoms with van der Waals surface area (Å²) in [6, 6.07) is 0.748. The number of rotatable bonds is 11. The molecule has 0 spiro atoms. The molecule has 4 unspecified atom stereocenters. The van der Waals surface area contributed by atoms with Crippen LogP contribution in [0.2, 0.25) is 0 Å². The van der Waals surface area contributed by atoms with Crippen molar-refractivity contribution < 1.29 is 4.39 Å². The van der Waals surface area contributed by atoms with Gasteiger partial charge in [-0.1, -0.05) is 58.1 Å². The first-order valence-corrected chi connectivity index (χ1v) is 19.1. The number of nitrogens with zero attached hydrogens (tertiary/aromatic N) is 4. The number of likely N-dealkylation sites (tertiary alicyclic amines) is 1. The van der Waals surface area contributed by atoms with Gasteiger partial charge in [0.2, 0.25) is 1.68 Å². The molecule has 42 heavy (non-hydrogen) atoms. The number of hydrogen-bond donors (Lipinski definition) is 0. The predicted molar refractivity (Wildman–Crippen MR) is 189 cm³/mol. The second-order valence-electron chi connectivity index (χ2n) is 14.5. The van der Waals surface area contributed by atoms with E-state index < -0.39 is 1.68 Å². The number of allylic oxidation sites excluding steroid dienone is 2. The van der Waals surface area contributed by atoms with Crippen molar-refractivity contribution >= 4 is 45.2 Å². The SMILES string of the molecule is C=C1C2C=C(CN3CCCC(C)C3)C=C(C(F)(I)I)C2=CN1C1CCCC([C@@H](C2CCC2)[C@H](C)N=NCCC2CC2)C1. The van der Waals surface area contributed by atoms with Crippen molar-refractivity contribution in [3.63, 3.8) is 0 Å². The Hall–Kier alpha value is -0.290. The molecule has 6 atom stereocenters. The van der Waals surface area contributed by atoms with Crippen LogP contribution in [-0.4, -0.2) is 49.7 Å². The quantitative estimate of drug-likeness (QED) is 0.118. The van der Waals surface area contributed by atoms with Crippen LogP contribution in [0.5, 0.6) is 0 Å². The lowest BCUT2D eigenvalue weighted by molar-refractivity contribution is 0.0742. The Labute approximate surface area is 281 Å². The van der Waals surface area contributed by atoms with Gasteiger partial charge in [0, 0.05) is 42.5 Å². The Balaban J connectivity index is 1.17. The zero-order chi connectivity index (χ0) is 29.4. The van der Waals surface area contributed by atoms with Gasteiger partial charge in [0.1, 0.15) is 0 Å². The van der Waals surface area contributed by atoms with Crippen LogP contribution in [0, 0.1) is 35.5 Å². The van der Waals surface area contributed by atoms with Crippen LogP contribution in [0.1, 0.15) is 90.9 Å². The van der Waals surface area contributed by atoms with Crippen LogP contribution < -0.4 is 0 Å². The maximum absolute atomic E-state index is 15.7. The minimum absolute atomic E-state index is 0.0869. The second-order valence-corrected chi connectivity index (χ2v) is 19.6. The number of halogens is 3. The van der Waals surface area contributed by atoms with E-state index in [0.29, 0.717) is 23.9 Å². The number of azo groups is 1. The lowest BCUT2D eigenvalue weighted by atomic mass is 9.64. The number of hydrogen-bond acceptors (Lipinski definition) is 4. The molecule has 0 N–H and O–H groups in total. The summed E-state index contributed by atoms with van der Waals surface area (Å²) in [6.07, 6.45) is 22.5. The fourth-order valence-electron chi connectivity index (χ4n) is 8.69. The molecule has 1 saturated heterocycles. The van der Waals surface area contributed by atoms with Gasteiger partial charge in [-0.2, -0.15) is 10.2 Å². The predicted octanol–water partition coefficient (Wildman–Crippen LogP) is 10.0. The molecule has 4 nitrogen and oxygen atoms in total. The van der Waals surface area contributed by atoms with Gasteiger partial charge in [0.05, 0.1) is 12.6 Å². The third-order valence-corrected chi connectivity index (χ3v) is 12.4. The zero-order valence-corrected chi connectivity index (χ0v) is 30.1. The van der Waals surface area contributed by atoms with Crippen LogP contribution >= 0.6 is 45.2 Å². The standard InChI is InChI=1S/C35H51FI2N4/c1-23-7-6-16-41(20-23)21-27-17-31-25(3)42(22-32(31)33(18-27)35(36,37)38)30-11-5-10-29(19-30)34(28-8-4-9-28)24(2)40-39-15-14-26-12-13-26/h17-18,22-24,26,28-31,34H,3-16,19-21H2,1-2H3/t23?,24-,29?,30?,31?,34+/m0/s1. The lowest BCUT2D eigenvalue weighted by Crippen LogP contribution is -2.41. The number of alkyl halides is 3. The van der Waals surface area contributed by atoms with E-state index in [1.165, 1.54) is 82.6 Å². The van der Waals surface area contributed by atoms with E-state index in [1.807, 2.05) is 45.2 Å². The van der Waals surface area contributed by atoms with Gasteiger partial charge < -0.3 is 4.90 Å². The summed E-state index contributed by atoms with van der Waals surface area (Å²) in [4.78, 5) is 5.04. The van der Waals surface area contributed by atoms with Crippen LogP contribution in [0.3, 0.4) is 0 Å². The Bertz CT molecular complexity index is 1110. The van der Waals surface area contributed by atoms with Gasteiger partial charge in [-0.15, -0.1) is 0 Å². The average Bonchev–Trinajstić information content (AvgIpc) is 3.69. The molecule has 7 heteroatoms. The fraction of sp³-hybridized carbons (Fsp3) is 0.771. The van der Waals surface area contributed by atoms with Gasteiger partial charge in [0.15, 0.2) is 0 Å². The maximum Gasteiger partial charge on any atom is 0.235 e. The van der Waals surface area contributed by atoms with Gasteiger partial charge in [-0.25, -0.2) is 4.39 Å². The molecule has 0 amide bonds. The smallest absolute Gasteiger partial charge is 0.235 e. The van der Waals surface area contributed by atoms with E-state index in [4.69, 9.17) is 5.11 Å². The first-order chi connectivity index (χ1) is 20.2. The van der Waals surface area contributed by atoms with Crippen molar-refractivity contribution in [2.45, 2.75) is 105 Å². The van der Waals surface area contributed by atoms with Crippen molar-refractivity contribution in [3.8, 4) is 0 Å². The van der Waals surface area contributed by atoms with E-state index in [0.717, 1.165) is 60.8 Å². The Morgan fingerprint density at radius 3 is 2.52 bits per heavy atom. The number of fused-ring (bicyclic) bond motifs is 1. The number of piperidine rings is 1. The molecule has 4 fully saturated rings. The van der Waals surface area contributed by atoms with Crippen molar-refractivity contribution in [2.24, 2.45) is 45.7 Å². The minimum Gasteiger partial charge on any atom is -0.348 e. The van der Waals surface area contributed by atoms with Crippen molar-refractivity contribution in [1.82, 2.24) is 9.80 Å². The molecule has 0 radical (unpaired) electrons. The van der Waals surface area contributed by atoms with E-state index >= 15 is 4.39 Å². The first-order valence-electron chi connectivity index (χ1n) is 16.9. The molecular formula is C35H51FI2N4. The van der Waals surface area contributed by atoms with Crippen molar-refractivity contribution in [2.75, 3.05) is 26.2 Å². The zero-order valence-electron chi connectivity index (χ0n) is 25.8. The van der Waals surface area contributed by atoms with E-state index in [9.17, 15) is 0 Å². The van der Waals surface area contributed by atoms with Crippen LogP contribution in [0.15, 0.2) is 57.6 Å². The van der Waals surface area contributed by atoms with Crippen LogP contribution in [0.4, 0.5) is 4.39 Å². The summed E-state index contributed by atoms with van der Waals surface area (Å²) in [6.45, 7) is 13.5. The highest BCUT2D eigenvalue weighted by atomic mass is 127.